The lowest BCUT2D eigenvalue weighted by Gasteiger charge is -2.17. The van der Waals surface area contributed by atoms with Crippen molar-refractivity contribution in [1.29, 1.82) is 0 Å². The Bertz CT molecular complexity index is 1220. The molecule has 0 aromatic heterocycles. The number of rotatable bonds is 5. The fraction of sp³-hybridized carbons (Fsp3) is 0.0909. The summed E-state index contributed by atoms with van der Waals surface area (Å²) in [5.41, 5.74) is 3.57. The van der Waals surface area contributed by atoms with Gasteiger partial charge in [-0.15, -0.1) is 0 Å². The maximum atomic E-state index is 10.9. The maximum Gasteiger partial charge on any atom is 0.269 e. The van der Waals surface area contributed by atoms with E-state index >= 15 is 0 Å². The number of para-hydroxylation sites is 1. The lowest BCUT2D eigenvalue weighted by atomic mass is 10.1. The highest BCUT2D eigenvalue weighted by molar-refractivity contribution is 6.57. The normalized spacial score (nSPS) is 15.3. The molecule has 1 aliphatic heterocycles. The first-order valence-electron chi connectivity index (χ1n) is 9.51. The van der Waals surface area contributed by atoms with Gasteiger partial charge in [-0.3, -0.25) is 20.2 Å². The highest BCUT2D eigenvalue weighted by Gasteiger charge is 2.31. The molecule has 0 spiro atoms. The molecule has 0 saturated carbocycles. The molecule has 9 heteroatoms. The quantitative estimate of drug-likeness (QED) is 0.420. The first kappa shape index (κ1) is 19.9. The third-order valence-electron chi connectivity index (χ3n) is 4.83. The van der Waals surface area contributed by atoms with Gasteiger partial charge < -0.3 is 4.90 Å². The zero-order valence-electron chi connectivity index (χ0n) is 16.5. The summed E-state index contributed by atoms with van der Waals surface area (Å²) in [5.74, 6) is 0.607. The molecule has 0 unspecified atom stereocenters. The zero-order valence-corrected chi connectivity index (χ0v) is 16.5. The molecular weight excluding hydrogens is 398 g/mol. The van der Waals surface area contributed by atoms with Crippen molar-refractivity contribution in [3.8, 4) is 0 Å². The van der Waals surface area contributed by atoms with Crippen LogP contribution in [0.2, 0.25) is 0 Å². The van der Waals surface area contributed by atoms with Crippen molar-refractivity contribution in [2.45, 2.75) is 6.92 Å². The van der Waals surface area contributed by atoms with Gasteiger partial charge in [0.15, 0.2) is 5.84 Å². The summed E-state index contributed by atoms with van der Waals surface area (Å²) < 4.78 is 0. The number of amidine groups is 1. The van der Waals surface area contributed by atoms with Gasteiger partial charge in [0.2, 0.25) is 0 Å². The number of anilines is 1. The number of non-ortho nitro benzene ring substituents is 2. The fourth-order valence-electron chi connectivity index (χ4n) is 3.36. The molecule has 4 rings (SSSR count). The number of nitrogens with zero attached hydrogens (tertiary/aromatic N) is 5. The van der Waals surface area contributed by atoms with Crippen LogP contribution in [-0.2, 0) is 0 Å². The molecule has 1 heterocycles. The van der Waals surface area contributed by atoms with E-state index < -0.39 is 9.85 Å². The molecule has 3 aromatic rings. The highest BCUT2D eigenvalue weighted by Crippen LogP contribution is 2.33. The van der Waals surface area contributed by atoms with Gasteiger partial charge in [-0.05, 0) is 37.3 Å². The predicted molar refractivity (Wildman–Crippen MR) is 119 cm³/mol. The van der Waals surface area contributed by atoms with Crippen molar-refractivity contribution in [1.82, 2.24) is 0 Å². The van der Waals surface area contributed by atoms with Crippen molar-refractivity contribution < 1.29 is 9.85 Å². The average Bonchev–Trinajstić information content (AvgIpc) is 3.07. The van der Waals surface area contributed by atoms with Crippen molar-refractivity contribution in [2.24, 2.45) is 9.98 Å². The number of nitro groups is 2. The molecule has 3 aromatic carbocycles. The van der Waals surface area contributed by atoms with E-state index in [1.807, 2.05) is 36.1 Å². The monoisotopic (exact) mass is 415 g/mol. The van der Waals surface area contributed by atoms with E-state index in [1.165, 1.54) is 24.3 Å². The van der Waals surface area contributed by atoms with Gasteiger partial charge >= 0.3 is 0 Å². The predicted octanol–water partition coefficient (Wildman–Crippen LogP) is 5.19. The summed E-state index contributed by atoms with van der Waals surface area (Å²) in [4.78, 5) is 32.4. The van der Waals surface area contributed by atoms with Crippen LogP contribution >= 0.6 is 0 Å². The van der Waals surface area contributed by atoms with Gasteiger partial charge in [0.05, 0.1) is 26.9 Å². The van der Waals surface area contributed by atoms with E-state index in [2.05, 4.69) is 0 Å². The second-order valence-corrected chi connectivity index (χ2v) is 6.70. The Hall–Kier alpha value is -4.40. The summed E-state index contributed by atoms with van der Waals surface area (Å²) >= 11 is 0. The van der Waals surface area contributed by atoms with Crippen LogP contribution in [0.5, 0.6) is 0 Å². The molecule has 0 saturated heterocycles. The molecule has 0 amide bonds. The number of aliphatic imine (C=N–C) groups is 2. The Labute approximate surface area is 177 Å². The van der Waals surface area contributed by atoms with Gasteiger partial charge in [0, 0.05) is 36.4 Å². The Kier molecular flexibility index (Phi) is 5.23. The van der Waals surface area contributed by atoms with Crippen LogP contribution in [0.25, 0.3) is 0 Å². The second-order valence-electron chi connectivity index (χ2n) is 6.70. The molecular formula is C22H17N5O4. The topological polar surface area (TPSA) is 114 Å². The highest BCUT2D eigenvalue weighted by atomic mass is 16.6. The molecule has 154 valence electrons. The number of benzene rings is 3. The minimum absolute atomic E-state index is 0.00854. The first-order chi connectivity index (χ1) is 15.0. The summed E-state index contributed by atoms with van der Waals surface area (Å²) in [5, 5.41) is 21.9. The van der Waals surface area contributed by atoms with E-state index in [1.54, 1.807) is 24.3 Å². The minimum atomic E-state index is -0.456. The third kappa shape index (κ3) is 3.88. The van der Waals surface area contributed by atoms with Crippen LogP contribution in [0.1, 0.15) is 12.5 Å². The smallest absolute Gasteiger partial charge is 0.269 e. The van der Waals surface area contributed by atoms with Crippen molar-refractivity contribution in [3.63, 3.8) is 0 Å². The number of fused-ring (bicyclic) bond motifs is 1. The van der Waals surface area contributed by atoms with Crippen molar-refractivity contribution >= 4 is 40.0 Å². The fourth-order valence-corrected chi connectivity index (χ4v) is 3.36. The molecule has 31 heavy (non-hydrogen) atoms. The molecule has 0 atom stereocenters. The van der Waals surface area contributed by atoms with E-state index in [0.29, 0.717) is 29.5 Å². The molecule has 0 aliphatic carbocycles. The largest absolute Gasteiger partial charge is 0.324 e. The lowest BCUT2D eigenvalue weighted by Crippen LogP contribution is -2.30. The van der Waals surface area contributed by atoms with Crippen LogP contribution < -0.4 is 4.90 Å². The Balaban J connectivity index is 1.82. The molecule has 0 fully saturated rings. The third-order valence-corrected chi connectivity index (χ3v) is 4.83. The lowest BCUT2D eigenvalue weighted by molar-refractivity contribution is -0.385. The Morgan fingerprint density at radius 2 is 1.29 bits per heavy atom. The molecule has 9 nitrogen and oxygen atoms in total. The number of hydrogen-bond donors (Lipinski definition) is 0. The van der Waals surface area contributed by atoms with Gasteiger partial charge in [-0.1, -0.05) is 18.2 Å². The summed E-state index contributed by atoms with van der Waals surface area (Å²) in [6.07, 6.45) is 0. The van der Waals surface area contributed by atoms with Crippen LogP contribution in [0.3, 0.4) is 0 Å². The summed E-state index contributed by atoms with van der Waals surface area (Å²) in [6.45, 7) is 2.64. The SMILES string of the molecule is CCN1C(=Nc2ccc([N+](=O)[O-])cc2)C(=Nc2ccc([N+](=O)[O-])cc2)c2ccccc21. The molecule has 0 radical (unpaired) electrons. The van der Waals surface area contributed by atoms with E-state index in [-0.39, 0.29) is 11.4 Å². The summed E-state index contributed by atoms with van der Waals surface area (Å²) in [7, 11) is 0. The molecule has 1 aliphatic rings. The summed E-state index contributed by atoms with van der Waals surface area (Å²) in [6, 6.07) is 19.7. The minimum Gasteiger partial charge on any atom is -0.324 e. The van der Waals surface area contributed by atoms with E-state index in [4.69, 9.17) is 9.98 Å². The molecule has 0 N–H and O–H groups in total. The van der Waals surface area contributed by atoms with Gasteiger partial charge in [0.1, 0.15) is 5.71 Å². The van der Waals surface area contributed by atoms with Crippen molar-refractivity contribution in [3.05, 3.63) is 98.6 Å². The van der Waals surface area contributed by atoms with Crippen molar-refractivity contribution in [2.75, 3.05) is 11.4 Å². The number of nitro benzene ring substituents is 2. The van der Waals surface area contributed by atoms with Gasteiger partial charge in [0.25, 0.3) is 11.4 Å². The zero-order chi connectivity index (χ0) is 22.0. The number of likely N-dealkylation sites (N-methyl/N-ethyl adjacent to an activating group) is 1. The van der Waals surface area contributed by atoms with Gasteiger partial charge in [-0.2, -0.15) is 0 Å². The van der Waals surface area contributed by atoms with Crippen LogP contribution in [-0.4, -0.2) is 27.9 Å². The standard InChI is InChI=1S/C22H17N5O4/c1-2-25-20-6-4-3-5-19(20)21(23-15-7-11-17(12-8-15)26(28)29)22(25)24-16-9-13-18(14-10-16)27(30)31/h3-14H,2H2,1H3. The average molecular weight is 415 g/mol. The van der Waals surface area contributed by atoms with E-state index in [0.717, 1.165) is 11.3 Å². The first-order valence-corrected chi connectivity index (χ1v) is 9.51. The van der Waals surface area contributed by atoms with Crippen LogP contribution in [0.15, 0.2) is 82.8 Å². The van der Waals surface area contributed by atoms with Crippen LogP contribution in [0.4, 0.5) is 28.4 Å². The second kappa shape index (κ2) is 8.15. The van der Waals surface area contributed by atoms with Crippen LogP contribution in [0, 0.1) is 20.2 Å². The maximum absolute atomic E-state index is 10.9. The number of hydrogen-bond acceptors (Lipinski definition) is 6. The Morgan fingerprint density at radius 1 is 0.774 bits per heavy atom. The Morgan fingerprint density at radius 3 is 1.81 bits per heavy atom. The van der Waals surface area contributed by atoms with E-state index in [9.17, 15) is 20.2 Å². The van der Waals surface area contributed by atoms with Gasteiger partial charge in [-0.25, -0.2) is 9.98 Å². The molecule has 0 bridgehead atoms.